The van der Waals surface area contributed by atoms with Crippen molar-refractivity contribution in [3.63, 3.8) is 0 Å². The zero-order valence-electron chi connectivity index (χ0n) is 17.7. The number of amidine groups is 1. The van der Waals surface area contributed by atoms with E-state index in [1.54, 1.807) is 17.0 Å². The Morgan fingerprint density at radius 1 is 1.41 bits per heavy atom. The fraction of sp³-hybridized carbons (Fsp3) is 0.526. The molecule has 10 heteroatoms. The topological polar surface area (TPSA) is 87.1 Å². The summed E-state index contributed by atoms with van der Waals surface area (Å²) in [5, 5.41) is 13.0. The number of piperidine rings is 1. The monoisotopic (exact) mass is 425 g/mol. The standard InChI is InChI=1S/C19H32FN7OS/c1-7-16(17(22-8-2)25(5)18(21)29-14(4)20)24-26(6)19(23-9-3)27-12-10-15(28)11-13-27/h8-9,14,21-22,24H,2-3,7,10-13H2,1,4-6H3/b17-16+,21-18?,23-19+. The van der Waals surface area contributed by atoms with E-state index in [4.69, 9.17) is 5.41 Å². The average molecular weight is 426 g/mol. The van der Waals surface area contributed by atoms with E-state index in [0.717, 1.165) is 17.5 Å². The van der Waals surface area contributed by atoms with E-state index < -0.39 is 5.50 Å². The van der Waals surface area contributed by atoms with E-state index in [1.165, 1.54) is 19.3 Å². The van der Waals surface area contributed by atoms with E-state index >= 15 is 0 Å². The molecule has 0 spiro atoms. The molecule has 0 radical (unpaired) electrons. The lowest BCUT2D eigenvalue weighted by atomic mass is 10.1. The molecule has 1 rings (SSSR count). The molecule has 0 saturated carbocycles. The van der Waals surface area contributed by atoms with Gasteiger partial charge in [-0.05, 0) is 19.5 Å². The number of ketones is 1. The molecule has 0 aromatic carbocycles. The number of hydrogen-bond acceptors (Lipinski definition) is 6. The summed E-state index contributed by atoms with van der Waals surface area (Å²) in [6, 6.07) is 0. The Morgan fingerprint density at radius 2 is 2.03 bits per heavy atom. The van der Waals surface area contributed by atoms with Crippen LogP contribution < -0.4 is 10.7 Å². The van der Waals surface area contributed by atoms with Crippen LogP contribution in [0.15, 0.2) is 42.1 Å². The molecule has 0 bridgehead atoms. The maximum absolute atomic E-state index is 13.3. The van der Waals surface area contributed by atoms with E-state index in [-0.39, 0.29) is 11.0 Å². The predicted molar refractivity (Wildman–Crippen MR) is 119 cm³/mol. The number of likely N-dealkylation sites (tertiary alicyclic amines) is 1. The first kappa shape index (κ1) is 24.5. The summed E-state index contributed by atoms with van der Waals surface area (Å²) in [6.45, 7) is 11.9. The molecular weight excluding hydrogens is 393 g/mol. The van der Waals surface area contributed by atoms with Crippen LogP contribution in [0.5, 0.6) is 0 Å². The number of allylic oxidation sites excluding steroid dienone is 1. The Kier molecular flexibility index (Phi) is 10.3. The molecule has 1 saturated heterocycles. The average Bonchev–Trinajstić information content (AvgIpc) is 2.68. The van der Waals surface area contributed by atoms with E-state index in [0.29, 0.717) is 44.1 Å². The highest BCUT2D eigenvalue weighted by Crippen LogP contribution is 2.19. The molecule has 3 N–H and O–H groups in total. The Balaban J connectivity index is 3.11. The van der Waals surface area contributed by atoms with Crippen LogP contribution in [0.25, 0.3) is 0 Å². The molecule has 0 aliphatic carbocycles. The number of alkyl halides is 1. The van der Waals surface area contributed by atoms with E-state index in [2.05, 4.69) is 28.9 Å². The van der Waals surface area contributed by atoms with Crippen molar-refractivity contribution >= 4 is 28.7 Å². The number of thioether (sulfide) groups is 1. The van der Waals surface area contributed by atoms with Crippen LogP contribution in [0.2, 0.25) is 0 Å². The van der Waals surface area contributed by atoms with Crippen molar-refractivity contribution in [2.45, 2.75) is 38.6 Å². The van der Waals surface area contributed by atoms with E-state index in [1.807, 2.05) is 18.9 Å². The quantitative estimate of drug-likeness (QED) is 0.313. The Labute approximate surface area is 177 Å². The largest absolute Gasteiger partial charge is 0.347 e. The van der Waals surface area contributed by atoms with Gasteiger partial charge < -0.3 is 15.1 Å². The minimum absolute atomic E-state index is 0.0641. The minimum atomic E-state index is -1.19. The van der Waals surface area contributed by atoms with Crippen LogP contribution in [0.3, 0.4) is 0 Å². The van der Waals surface area contributed by atoms with Gasteiger partial charge in [0.15, 0.2) is 5.17 Å². The molecule has 0 aromatic rings. The SMILES string of the molecule is C=C/N=C(/N1CCC(=O)CC1)N(C)N/C(CC)=C(\NC=C)N(C)C(=N)SC(C)F. The van der Waals surface area contributed by atoms with Crippen molar-refractivity contribution in [1.82, 2.24) is 25.6 Å². The summed E-state index contributed by atoms with van der Waals surface area (Å²) in [7, 11) is 3.51. The molecule has 0 aromatic heterocycles. The number of hydrazine groups is 1. The zero-order chi connectivity index (χ0) is 22.0. The maximum atomic E-state index is 13.3. The van der Waals surface area contributed by atoms with E-state index in [9.17, 15) is 9.18 Å². The molecule has 8 nitrogen and oxygen atoms in total. The summed E-state index contributed by atoms with van der Waals surface area (Å²) in [5.41, 5.74) is 2.86. The number of guanidine groups is 1. The normalized spacial score (nSPS) is 16.5. The van der Waals surface area contributed by atoms with Crippen molar-refractivity contribution in [1.29, 1.82) is 5.41 Å². The highest BCUT2D eigenvalue weighted by molar-refractivity contribution is 8.14. The summed E-state index contributed by atoms with van der Waals surface area (Å²) in [6.07, 6.45) is 4.55. The number of nitrogens with zero attached hydrogens (tertiary/aromatic N) is 4. The van der Waals surface area contributed by atoms with Gasteiger partial charge >= 0.3 is 0 Å². The van der Waals surface area contributed by atoms with Gasteiger partial charge in [0.05, 0.1) is 5.70 Å². The van der Waals surface area contributed by atoms with Gasteiger partial charge in [-0.2, -0.15) is 0 Å². The molecule has 0 amide bonds. The fourth-order valence-electron chi connectivity index (χ4n) is 2.79. The Morgan fingerprint density at radius 3 is 2.52 bits per heavy atom. The second-order valence-electron chi connectivity index (χ2n) is 6.36. The fourth-order valence-corrected chi connectivity index (χ4v) is 3.34. The zero-order valence-corrected chi connectivity index (χ0v) is 18.5. The first-order valence-electron chi connectivity index (χ1n) is 9.44. The Bertz CT molecular complexity index is 667. The van der Waals surface area contributed by atoms with Gasteiger partial charge in [0.2, 0.25) is 5.96 Å². The van der Waals surface area contributed by atoms with Crippen molar-refractivity contribution in [2.75, 3.05) is 27.2 Å². The summed E-state index contributed by atoms with van der Waals surface area (Å²) < 4.78 is 13.3. The molecule has 1 heterocycles. The number of rotatable bonds is 8. The molecule has 1 unspecified atom stereocenters. The number of aliphatic imine (C=N–C) groups is 1. The number of Topliss-reactive ketones (excluding diaryl/α,β-unsaturated/α-hetero) is 1. The molecule has 162 valence electrons. The number of nitrogens with one attached hydrogen (secondary N) is 3. The molecule has 1 aliphatic rings. The first-order chi connectivity index (χ1) is 13.7. The van der Waals surface area contributed by atoms with Gasteiger partial charge in [-0.1, -0.05) is 31.8 Å². The molecular formula is C19H32FN7OS. The second kappa shape index (κ2) is 12.2. The predicted octanol–water partition coefficient (Wildman–Crippen LogP) is 2.81. The van der Waals surface area contributed by atoms with Gasteiger partial charge in [-0.15, -0.1) is 0 Å². The molecule has 1 fully saturated rings. The highest BCUT2D eigenvalue weighted by Gasteiger charge is 2.23. The van der Waals surface area contributed by atoms with Gasteiger partial charge in [0.25, 0.3) is 0 Å². The van der Waals surface area contributed by atoms with Crippen LogP contribution in [-0.4, -0.2) is 64.4 Å². The summed E-state index contributed by atoms with van der Waals surface area (Å²) in [4.78, 5) is 19.5. The van der Waals surface area contributed by atoms with Crippen LogP contribution in [0.4, 0.5) is 4.39 Å². The lowest BCUT2D eigenvalue weighted by molar-refractivity contribution is -0.120. The van der Waals surface area contributed by atoms with Crippen molar-refractivity contribution in [2.24, 2.45) is 4.99 Å². The third-order valence-corrected chi connectivity index (χ3v) is 5.03. The smallest absolute Gasteiger partial charge is 0.220 e. The van der Waals surface area contributed by atoms with Gasteiger partial charge in [-0.25, -0.2) is 9.38 Å². The maximum Gasteiger partial charge on any atom is 0.220 e. The van der Waals surface area contributed by atoms with Crippen molar-refractivity contribution in [3.05, 3.63) is 37.1 Å². The lowest BCUT2D eigenvalue weighted by Crippen LogP contribution is -2.51. The third-order valence-electron chi connectivity index (χ3n) is 4.21. The van der Waals surface area contributed by atoms with Crippen LogP contribution in [0, 0.1) is 5.41 Å². The minimum Gasteiger partial charge on any atom is -0.347 e. The van der Waals surface area contributed by atoms with Gasteiger partial charge in [0, 0.05) is 46.2 Å². The highest BCUT2D eigenvalue weighted by atomic mass is 32.2. The van der Waals surface area contributed by atoms with Crippen LogP contribution in [0.1, 0.15) is 33.1 Å². The summed E-state index contributed by atoms with van der Waals surface area (Å²) in [5.74, 6) is 1.47. The van der Waals surface area contributed by atoms with Gasteiger partial charge in [0.1, 0.15) is 17.1 Å². The van der Waals surface area contributed by atoms with Gasteiger partial charge in [-0.3, -0.25) is 20.6 Å². The number of hydrogen-bond donors (Lipinski definition) is 3. The second-order valence-corrected chi connectivity index (χ2v) is 7.63. The van der Waals surface area contributed by atoms with Crippen LogP contribution >= 0.6 is 11.8 Å². The van der Waals surface area contributed by atoms with Crippen molar-refractivity contribution < 1.29 is 9.18 Å². The molecule has 1 aliphatic heterocycles. The first-order valence-corrected chi connectivity index (χ1v) is 10.3. The van der Waals surface area contributed by atoms with Crippen LogP contribution in [-0.2, 0) is 4.79 Å². The number of halogens is 1. The summed E-state index contributed by atoms with van der Waals surface area (Å²) >= 11 is 0.816. The van der Waals surface area contributed by atoms with Crippen molar-refractivity contribution in [3.8, 4) is 0 Å². The third kappa shape index (κ3) is 7.45. The Hall–Kier alpha value is -2.49. The molecule has 1 atom stereocenters. The number of carbonyl (C=O) groups excluding carboxylic acids is 1. The number of carbonyl (C=O) groups is 1. The molecule has 29 heavy (non-hydrogen) atoms. The lowest BCUT2D eigenvalue weighted by Gasteiger charge is -2.35.